The average Bonchev–Trinajstić information content (AvgIpc) is 3.17. The molecular weight excluding hydrogens is 389 g/mol. The third-order valence-electron chi connectivity index (χ3n) is 5.27. The van der Waals surface area contributed by atoms with Gasteiger partial charge in [-0.3, -0.25) is 5.10 Å². The maximum Gasteiger partial charge on any atom is 0.240 e. The molecular formula is C26H26FN3O. The number of allylic oxidation sites excluding steroid dienone is 1. The number of benzene rings is 3. The van der Waals surface area contributed by atoms with E-state index < -0.39 is 5.95 Å². The summed E-state index contributed by atoms with van der Waals surface area (Å²) in [4.78, 5) is 0. The molecule has 1 heterocycles. The van der Waals surface area contributed by atoms with Crippen LogP contribution in [0.5, 0.6) is 5.75 Å². The van der Waals surface area contributed by atoms with Gasteiger partial charge in [0.1, 0.15) is 12.4 Å². The number of aromatic nitrogens is 2. The van der Waals surface area contributed by atoms with Gasteiger partial charge in [-0.25, -0.2) is 0 Å². The van der Waals surface area contributed by atoms with Gasteiger partial charge in [-0.15, -0.1) is 5.10 Å². The van der Waals surface area contributed by atoms with E-state index in [0.717, 1.165) is 28.0 Å². The fourth-order valence-corrected chi connectivity index (χ4v) is 3.89. The molecule has 0 aliphatic carbocycles. The van der Waals surface area contributed by atoms with Crippen molar-refractivity contribution in [2.75, 3.05) is 13.2 Å². The molecule has 0 bridgehead atoms. The van der Waals surface area contributed by atoms with Crippen molar-refractivity contribution < 1.29 is 9.13 Å². The van der Waals surface area contributed by atoms with Crippen molar-refractivity contribution in [2.45, 2.75) is 13.8 Å². The van der Waals surface area contributed by atoms with Gasteiger partial charge < -0.3 is 10.5 Å². The topological polar surface area (TPSA) is 63.9 Å². The molecule has 0 saturated carbocycles. The van der Waals surface area contributed by atoms with E-state index in [9.17, 15) is 4.39 Å². The highest BCUT2D eigenvalue weighted by Gasteiger charge is 2.18. The Labute approximate surface area is 181 Å². The molecule has 0 saturated heterocycles. The zero-order valence-electron chi connectivity index (χ0n) is 17.7. The maximum atomic E-state index is 14.3. The Hall–Kier alpha value is -3.44. The molecule has 0 radical (unpaired) electrons. The summed E-state index contributed by atoms with van der Waals surface area (Å²) in [5.74, 6) is 0.527. The molecule has 3 aromatic carbocycles. The van der Waals surface area contributed by atoms with Crippen molar-refractivity contribution in [1.82, 2.24) is 10.2 Å². The zero-order valence-corrected chi connectivity index (χ0v) is 17.7. The summed E-state index contributed by atoms with van der Waals surface area (Å²) < 4.78 is 19.9. The number of H-pyrrole nitrogens is 1. The summed E-state index contributed by atoms with van der Waals surface area (Å²) in [6.07, 6.45) is 0. The van der Waals surface area contributed by atoms with Gasteiger partial charge in [0, 0.05) is 6.54 Å². The van der Waals surface area contributed by atoms with Gasteiger partial charge in [-0.05, 0) is 58.0 Å². The van der Waals surface area contributed by atoms with Crippen molar-refractivity contribution >= 4 is 22.0 Å². The first-order chi connectivity index (χ1) is 15.1. The van der Waals surface area contributed by atoms with Crippen molar-refractivity contribution in [1.29, 1.82) is 0 Å². The molecule has 4 aromatic rings. The van der Waals surface area contributed by atoms with Crippen LogP contribution < -0.4 is 10.5 Å². The summed E-state index contributed by atoms with van der Waals surface area (Å²) in [5.41, 5.74) is 11.6. The van der Waals surface area contributed by atoms with Crippen molar-refractivity contribution in [3.05, 3.63) is 95.4 Å². The Morgan fingerprint density at radius 3 is 2.35 bits per heavy atom. The van der Waals surface area contributed by atoms with E-state index in [1.54, 1.807) is 0 Å². The zero-order chi connectivity index (χ0) is 21.8. The van der Waals surface area contributed by atoms with E-state index in [1.165, 1.54) is 5.57 Å². The predicted octanol–water partition coefficient (Wildman–Crippen LogP) is 5.65. The van der Waals surface area contributed by atoms with E-state index in [1.807, 2.05) is 60.7 Å². The molecule has 0 spiro atoms. The highest BCUT2D eigenvalue weighted by molar-refractivity contribution is 6.01. The number of rotatable bonds is 7. The van der Waals surface area contributed by atoms with Gasteiger partial charge in [0.15, 0.2) is 0 Å². The Balaban J connectivity index is 1.94. The lowest BCUT2D eigenvalue weighted by Gasteiger charge is -2.20. The molecule has 3 N–H and O–H groups in total. The standard InChI is InChI=1S/C26H26FN3O/c1-17(2)24(18-6-4-3-5-7-18)25(19-8-11-21(12-9-19)31-15-14-28)20-10-13-23-22(16-20)26(27)30-29-23/h3-13,16-17H,14-15,28H2,1-2H3,(H,29,30)/b25-24+. The van der Waals surface area contributed by atoms with Crippen LogP contribution in [0.25, 0.3) is 22.0 Å². The van der Waals surface area contributed by atoms with Crippen molar-refractivity contribution in [3.63, 3.8) is 0 Å². The van der Waals surface area contributed by atoms with Crippen LogP contribution in [0.15, 0.2) is 72.8 Å². The first kappa shape index (κ1) is 20.8. The number of aromatic amines is 1. The molecule has 0 amide bonds. The number of ether oxygens (including phenoxy) is 1. The van der Waals surface area contributed by atoms with E-state index in [4.69, 9.17) is 10.5 Å². The molecule has 0 aliphatic rings. The van der Waals surface area contributed by atoms with Crippen LogP contribution in [-0.4, -0.2) is 23.3 Å². The number of hydrogen-bond donors (Lipinski definition) is 2. The second-order valence-electron chi connectivity index (χ2n) is 7.75. The molecule has 31 heavy (non-hydrogen) atoms. The highest BCUT2D eigenvalue weighted by atomic mass is 19.1. The molecule has 1 aromatic heterocycles. The molecule has 0 atom stereocenters. The van der Waals surface area contributed by atoms with Crippen molar-refractivity contribution in [3.8, 4) is 5.75 Å². The summed E-state index contributed by atoms with van der Waals surface area (Å²) in [6, 6.07) is 24.1. The largest absolute Gasteiger partial charge is 0.492 e. The molecule has 0 unspecified atom stereocenters. The van der Waals surface area contributed by atoms with E-state index >= 15 is 0 Å². The first-order valence-electron chi connectivity index (χ1n) is 10.5. The quantitative estimate of drug-likeness (QED) is 0.383. The number of halogens is 1. The number of nitrogens with two attached hydrogens (primary N) is 1. The summed E-state index contributed by atoms with van der Waals surface area (Å²) in [5, 5.41) is 6.93. The third-order valence-corrected chi connectivity index (χ3v) is 5.27. The van der Waals surface area contributed by atoms with Crippen LogP contribution in [0.2, 0.25) is 0 Å². The number of fused-ring (bicyclic) bond motifs is 1. The van der Waals surface area contributed by atoms with Gasteiger partial charge in [0.25, 0.3) is 0 Å². The molecule has 158 valence electrons. The van der Waals surface area contributed by atoms with Gasteiger partial charge in [0.2, 0.25) is 5.95 Å². The van der Waals surface area contributed by atoms with Gasteiger partial charge in [-0.2, -0.15) is 4.39 Å². The summed E-state index contributed by atoms with van der Waals surface area (Å²) in [7, 11) is 0. The second kappa shape index (κ2) is 9.14. The Morgan fingerprint density at radius 2 is 1.68 bits per heavy atom. The lowest BCUT2D eigenvalue weighted by atomic mass is 9.84. The lowest BCUT2D eigenvalue weighted by Crippen LogP contribution is -2.10. The number of nitrogens with zero attached hydrogens (tertiary/aromatic N) is 1. The Kier molecular flexibility index (Phi) is 6.14. The van der Waals surface area contributed by atoms with Gasteiger partial charge in [-0.1, -0.05) is 62.4 Å². The summed E-state index contributed by atoms with van der Waals surface area (Å²) in [6.45, 7) is 5.30. The van der Waals surface area contributed by atoms with Crippen LogP contribution in [-0.2, 0) is 0 Å². The summed E-state index contributed by atoms with van der Waals surface area (Å²) >= 11 is 0. The molecule has 5 heteroatoms. The smallest absolute Gasteiger partial charge is 0.240 e. The van der Waals surface area contributed by atoms with E-state index in [2.05, 4.69) is 36.2 Å². The maximum absolute atomic E-state index is 14.3. The average molecular weight is 416 g/mol. The van der Waals surface area contributed by atoms with Crippen LogP contribution in [0.3, 0.4) is 0 Å². The minimum Gasteiger partial charge on any atom is -0.492 e. The van der Waals surface area contributed by atoms with Crippen LogP contribution in [0.1, 0.15) is 30.5 Å². The van der Waals surface area contributed by atoms with Gasteiger partial charge >= 0.3 is 0 Å². The second-order valence-corrected chi connectivity index (χ2v) is 7.75. The van der Waals surface area contributed by atoms with Crippen LogP contribution in [0, 0.1) is 11.9 Å². The highest BCUT2D eigenvalue weighted by Crippen LogP contribution is 2.38. The lowest BCUT2D eigenvalue weighted by molar-refractivity contribution is 0.328. The fraction of sp³-hybridized carbons (Fsp3) is 0.192. The van der Waals surface area contributed by atoms with Crippen LogP contribution in [0.4, 0.5) is 4.39 Å². The molecule has 4 rings (SSSR count). The molecule has 0 aliphatic heterocycles. The van der Waals surface area contributed by atoms with Crippen LogP contribution >= 0.6 is 0 Å². The van der Waals surface area contributed by atoms with Gasteiger partial charge in [0.05, 0.1) is 10.9 Å². The van der Waals surface area contributed by atoms with E-state index in [-0.39, 0.29) is 5.92 Å². The molecule has 4 nitrogen and oxygen atoms in total. The number of hydrogen-bond acceptors (Lipinski definition) is 3. The predicted molar refractivity (Wildman–Crippen MR) is 124 cm³/mol. The SMILES string of the molecule is CC(C)/C(=C(/c1ccc(OCCN)cc1)c1ccc2[nH]nc(F)c2c1)c1ccccc1. The first-order valence-corrected chi connectivity index (χ1v) is 10.5. The Morgan fingerprint density at radius 1 is 0.968 bits per heavy atom. The number of nitrogens with one attached hydrogen (secondary N) is 1. The van der Waals surface area contributed by atoms with E-state index in [0.29, 0.717) is 24.1 Å². The molecule has 0 fully saturated rings. The third kappa shape index (κ3) is 4.37. The Bertz CT molecular complexity index is 1190. The fourth-order valence-electron chi connectivity index (χ4n) is 3.89. The monoisotopic (exact) mass is 415 g/mol. The minimum atomic E-state index is -0.493. The minimum absolute atomic E-state index is 0.246. The van der Waals surface area contributed by atoms with Crippen molar-refractivity contribution in [2.24, 2.45) is 11.7 Å². The normalized spacial score (nSPS) is 12.3.